The topological polar surface area (TPSA) is 76.4 Å². The van der Waals surface area contributed by atoms with Gasteiger partial charge in [-0.1, -0.05) is 13.0 Å². The van der Waals surface area contributed by atoms with Crippen LogP contribution in [0.25, 0.3) is 5.69 Å². The Kier molecular flexibility index (Phi) is 7.14. The minimum absolute atomic E-state index is 0.0426. The molecule has 1 atom stereocenters. The highest BCUT2D eigenvalue weighted by atomic mass is 19.4. The molecule has 0 spiro atoms. The fraction of sp³-hybridized carbons (Fsp3) is 0.273. The predicted molar refractivity (Wildman–Crippen MR) is 108 cm³/mol. The van der Waals surface area contributed by atoms with E-state index >= 15 is 0 Å². The zero-order valence-corrected chi connectivity index (χ0v) is 17.1. The molecule has 1 heterocycles. The van der Waals surface area contributed by atoms with Crippen LogP contribution in [0.5, 0.6) is 5.75 Å². The number of aliphatic hydroxyl groups is 1. The Hall–Kier alpha value is -3.40. The van der Waals surface area contributed by atoms with Crippen LogP contribution in [0.3, 0.4) is 0 Å². The fourth-order valence-corrected chi connectivity index (χ4v) is 3.03. The summed E-state index contributed by atoms with van der Waals surface area (Å²) in [4.78, 5) is 12.6. The number of nitrogens with one attached hydrogen (secondary N) is 1. The summed E-state index contributed by atoms with van der Waals surface area (Å²) in [5.41, 5.74) is 0.631. The van der Waals surface area contributed by atoms with Gasteiger partial charge in [-0.2, -0.15) is 18.3 Å². The Morgan fingerprint density at radius 3 is 2.59 bits per heavy atom. The van der Waals surface area contributed by atoms with E-state index in [1.165, 1.54) is 47.3 Å². The molecule has 0 saturated heterocycles. The Bertz CT molecular complexity index is 1070. The quantitative estimate of drug-likeness (QED) is 0.512. The van der Waals surface area contributed by atoms with Crippen LogP contribution in [0.4, 0.5) is 17.6 Å². The zero-order valence-electron chi connectivity index (χ0n) is 17.1. The van der Waals surface area contributed by atoms with E-state index in [1.807, 2.05) is 6.92 Å². The first-order valence-electron chi connectivity index (χ1n) is 9.78. The van der Waals surface area contributed by atoms with Crippen molar-refractivity contribution in [2.75, 3.05) is 13.2 Å². The maximum atomic E-state index is 13.2. The number of rotatable bonds is 8. The van der Waals surface area contributed by atoms with Gasteiger partial charge >= 0.3 is 6.18 Å². The summed E-state index contributed by atoms with van der Waals surface area (Å²) in [6, 6.07) is 9.96. The van der Waals surface area contributed by atoms with Crippen molar-refractivity contribution in [1.29, 1.82) is 0 Å². The number of hydrogen-bond donors (Lipinski definition) is 2. The molecule has 2 aromatic carbocycles. The minimum atomic E-state index is -4.50. The third kappa shape index (κ3) is 5.64. The molecule has 3 aromatic rings. The van der Waals surface area contributed by atoms with Gasteiger partial charge in [0.15, 0.2) is 0 Å². The van der Waals surface area contributed by atoms with Gasteiger partial charge in [-0.05, 0) is 48.9 Å². The number of carbonyl (C=O) groups is 1. The van der Waals surface area contributed by atoms with Gasteiger partial charge < -0.3 is 15.2 Å². The molecule has 0 radical (unpaired) electrons. The number of nitrogens with zero attached hydrogens (tertiary/aromatic N) is 2. The van der Waals surface area contributed by atoms with Gasteiger partial charge in [-0.25, -0.2) is 9.07 Å². The summed E-state index contributed by atoms with van der Waals surface area (Å²) in [6.45, 7) is 1.35. The second-order valence-corrected chi connectivity index (χ2v) is 6.95. The maximum absolute atomic E-state index is 13.2. The van der Waals surface area contributed by atoms with E-state index in [0.29, 0.717) is 23.4 Å². The molecule has 0 bridgehead atoms. The van der Waals surface area contributed by atoms with Crippen LogP contribution < -0.4 is 10.1 Å². The monoisotopic (exact) mass is 451 g/mol. The molecule has 3 rings (SSSR count). The number of aromatic nitrogens is 2. The standard InChI is InChI=1S/C22H21F4N3O3/c1-2-20-19(12-28-29(20)16-8-6-15(23)7-9-16)21(31)27-11-17(30)13-32-18-5-3-4-14(10-18)22(24,25)26/h3-10,12,17,30H,2,11,13H2,1H3,(H,27,31). The van der Waals surface area contributed by atoms with E-state index in [1.54, 1.807) is 0 Å². The van der Waals surface area contributed by atoms with Gasteiger partial charge in [0.2, 0.25) is 0 Å². The van der Waals surface area contributed by atoms with Crippen molar-refractivity contribution in [2.24, 2.45) is 0 Å². The van der Waals surface area contributed by atoms with Crippen molar-refractivity contribution in [3.63, 3.8) is 0 Å². The third-order valence-electron chi connectivity index (χ3n) is 4.62. The van der Waals surface area contributed by atoms with Gasteiger partial charge in [-0.3, -0.25) is 4.79 Å². The lowest BCUT2D eigenvalue weighted by molar-refractivity contribution is -0.137. The summed E-state index contributed by atoms with van der Waals surface area (Å²) in [6.07, 6.45) is -3.79. The lowest BCUT2D eigenvalue weighted by Crippen LogP contribution is -2.35. The fourth-order valence-electron chi connectivity index (χ4n) is 3.03. The van der Waals surface area contributed by atoms with Gasteiger partial charge in [0.25, 0.3) is 5.91 Å². The minimum Gasteiger partial charge on any atom is -0.491 e. The lowest BCUT2D eigenvalue weighted by Gasteiger charge is -2.14. The molecule has 0 saturated carbocycles. The van der Waals surface area contributed by atoms with Gasteiger partial charge in [-0.15, -0.1) is 0 Å². The van der Waals surface area contributed by atoms with E-state index in [2.05, 4.69) is 10.4 Å². The zero-order chi connectivity index (χ0) is 23.3. The van der Waals surface area contributed by atoms with Crippen molar-refractivity contribution < 1.29 is 32.2 Å². The molecular weight excluding hydrogens is 430 g/mol. The van der Waals surface area contributed by atoms with E-state index in [-0.39, 0.29) is 18.9 Å². The number of carbonyl (C=O) groups excluding carboxylic acids is 1. The normalized spacial score (nSPS) is 12.4. The van der Waals surface area contributed by atoms with Crippen LogP contribution in [0.1, 0.15) is 28.5 Å². The average molecular weight is 451 g/mol. The molecule has 0 aliphatic rings. The number of benzene rings is 2. The lowest BCUT2D eigenvalue weighted by atomic mass is 10.2. The second kappa shape index (κ2) is 9.82. The van der Waals surface area contributed by atoms with Crippen molar-refractivity contribution in [3.05, 3.63) is 77.4 Å². The Labute approximate surface area is 181 Å². The van der Waals surface area contributed by atoms with Crippen molar-refractivity contribution in [1.82, 2.24) is 15.1 Å². The number of hydrogen-bond acceptors (Lipinski definition) is 4. The molecule has 170 valence electrons. The first kappa shape index (κ1) is 23.3. The number of aliphatic hydroxyl groups excluding tert-OH is 1. The number of ether oxygens (including phenoxy) is 1. The van der Waals surface area contributed by atoms with Crippen LogP contribution in [-0.2, 0) is 12.6 Å². The molecule has 0 aliphatic carbocycles. The first-order valence-corrected chi connectivity index (χ1v) is 9.78. The van der Waals surface area contributed by atoms with Gasteiger partial charge in [0.05, 0.1) is 28.7 Å². The van der Waals surface area contributed by atoms with Gasteiger partial charge in [0, 0.05) is 6.54 Å². The van der Waals surface area contributed by atoms with Gasteiger partial charge in [0.1, 0.15) is 24.3 Å². The summed E-state index contributed by atoms with van der Waals surface area (Å²) in [5.74, 6) is -0.911. The van der Waals surface area contributed by atoms with Crippen molar-refractivity contribution >= 4 is 5.91 Å². The Balaban J connectivity index is 1.58. The summed E-state index contributed by atoms with van der Waals surface area (Å²) in [7, 11) is 0. The average Bonchev–Trinajstić information content (AvgIpc) is 3.20. The first-order chi connectivity index (χ1) is 15.2. The molecular formula is C22H21F4N3O3. The molecule has 1 unspecified atom stereocenters. The summed E-state index contributed by atoms with van der Waals surface area (Å²) in [5, 5.41) is 16.8. The maximum Gasteiger partial charge on any atom is 0.416 e. The highest BCUT2D eigenvalue weighted by Gasteiger charge is 2.30. The molecule has 32 heavy (non-hydrogen) atoms. The number of amides is 1. The Morgan fingerprint density at radius 1 is 1.22 bits per heavy atom. The second-order valence-electron chi connectivity index (χ2n) is 6.95. The molecule has 1 amide bonds. The van der Waals surface area contributed by atoms with Crippen LogP contribution in [0.2, 0.25) is 0 Å². The molecule has 0 aliphatic heterocycles. The van der Waals surface area contributed by atoms with E-state index in [9.17, 15) is 27.5 Å². The third-order valence-corrected chi connectivity index (χ3v) is 4.62. The largest absolute Gasteiger partial charge is 0.491 e. The highest BCUT2D eigenvalue weighted by molar-refractivity contribution is 5.95. The summed E-state index contributed by atoms with van der Waals surface area (Å²) >= 11 is 0. The van der Waals surface area contributed by atoms with Crippen molar-refractivity contribution in [2.45, 2.75) is 25.6 Å². The summed E-state index contributed by atoms with van der Waals surface area (Å²) < 4.78 is 58.2. The SMILES string of the molecule is CCc1c(C(=O)NCC(O)COc2cccc(C(F)(F)F)c2)cnn1-c1ccc(F)cc1. The highest BCUT2D eigenvalue weighted by Crippen LogP contribution is 2.31. The van der Waals surface area contributed by atoms with Crippen LogP contribution in [0, 0.1) is 5.82 Å². The molecule has 10 heteroatoms. The Morgan fingerprint density at radius 2 is 1.94 bits per heavy atom. The number of alkyl halides is 3. The predicted octanol–water partition coefficient (Wildman–Crippen LogP) is 3.76. The molecule has 0 fully saturated rings. The van der Waals surface area contributed by atoms with Crippen LogP contribution in [0.15, 0.2) is 54.7 Å². The van der Waals surface area contributed by atoms with E-state index < -0.39 is 29.6 Å². The smallest absolute Gasteiger partial charge is 0.416 e. The molecule has 6 nitrogen and oxygen atoms in total. The molecule has 2 N–H and O–H groups in total. The number of halogens is 4. The van der Waals surface area contributed by atoms with E-state index in [0.717, 1.165) is 12.1 Å². The van der Waals surface area contributed by atoms with E-state index in [4.69, 9.17) is 4.74 Å². The molecule has 1 aromatic heterocycles. The van der Waals surface area contributed by atoms with Crippen molar-refractivity contribution in [3.8, 4) is 11.4 Å². The van der Waals surface area contributed by atoms with Crippen LogP contribution in [-0.4, -0.2) is 40.0 Å². The van der Waals surface area contributed by atoms with Crippen LogP contribution >= 0.6 is 0 Å².